The van der Waals surface area contributed by atoms with E-state index in [1.54, 1.807) is 18.2 Å². The summed E-state index contributed by atoms with van der Waals surface area (Å²) in [5.74, 6) is 0.332. The molecular weight excluding hydrogens is 273 g/mol. The van der Waals surface area contributed by atoms with Gasteiger partial charge in [-0.15, -0.1) is 0 Å². The van der Waals surface area contributed by atoms with Gasteiger partial charge in [-0.2, -0.15) is 0 Å². The van der Waals surface area contributed by atoms with Gasteiger partial charge in [0.25, 0.3) is 0 Å². The van der Waals surface area contributed by atoms with E-state index in [1.165, 1.54) is 0 Å². The zero-order valence-electron chi connectivity index (χ0n) is 9.90. The third-order valence-corrected chi connectivity index (χ3v) is 3.98. The Hall–Kier alpha value is -0.610. The first-order chi connectivity index (χ1) is 8.60. The molecule has 0 spiro atoms. The number of hydrogen-bond acceptors (Lipinski definition) is 3. The lowest BCUT2D eigenvalue weighted by atomic mass is 10.1. The highest BCUT2D eigenvalue weighted by Gasteiger charge is 2.23. The largest absolute Gasteiger partial charge is 0.396 e. The van der Waals surface area contributed by atoms with E-state index in [2.05, 4.69) is 4.90 Å². The molecule has 0 amide bonds. The van der Waals surface area contributed by atoms with E-state index in [9.17, 15) is 4.79 Å². The number of aliphatic hydroxyl groups is 1. The van der Waals surface area contributed by atoms with Crippen molar-refractivity contribution in [2.24, 2.45) is 5.92 Å². The number of hydrogen-bond donors (Lipinski definition) is 1. The molecule has 2 rings (SSSR count). The molecule has 0 aromatic heterocycles. The van der Waals surface area contributed by atoms with Crippen LogP contribution in [0.25, 0.3) is 0 Å². The molecule has 1 fully saturated rings. The SMILES string of the molecule is O=C(CN1CCC(CO)C1)c1ccc(Cl)c(Cl)c1. The Labute approximate surface area is 116 Å². The lowest BCUT2D eigenvalue weighted by Gasteiger charge is -2.14. The van der Waals surface area contributed by atoms with Gasteiger partial charge in [0.1, 0.15) is 0 Å². The predicted octanol–water partition coefficient (Wildman–Crippen LogP) is 2.49. The Morgan fingerprint density at radius 3 is 2.78 bits per heavy atom. The van der Waals surface area contributed by atoms with Gasteiger partial charge in [-0.05, 0) is 37.1 Å². The molecule has 0 saturated carbocycles. The minimum atomic E-state index is 0.0344. The van der Waals surface area contributed by atoms with Crippen LogP contribution < -0.4 is 0 Å². The highest BCUT2D eigenvalue weighted by Crippen LogP contribution is 2.23. The molecule has 1 N–H and O–H groups in total. The van der Waals surface area contributed by atoms with Crippen molar-refractivity contribution in [2.45, 2.75) is 6.42 Å². The second kappa shape index (κ2) is 6.02. The molecule has 18 heavy (non-hydrogen) atoms. The number of halogens is 2. The van der Waals surface area contributed by atoms with Crippen LogP contribution in [0.2, 0.25) is 10.0 Å². The minimum absolute atomic E-state index is 0.0344. The van der Waals surface area contributed by atoms with Gasteiger partial charge >= 0.3 is 0 Å². The van der Waals surface area contributed by atoms with Crippen molar-refractivity contribution in [3.8, 4) is 0 Å². The van der Waals surface area contributed by atoms with Gasteiger partial charge in [-0.1, -0.05) is 23.2 Å². The van der Waals surface area contributed by atoms with Crippen molar-refractivity contribution in [3.05, 3.63) is 33.8 Å². The highest BCUT2D eigenvalue weighted by atomic mass is 35.5. The quantitative estimate of drug-likeness (QED) is 0.865. The Kier molecular flexibility index (Phi) is 4.62. The number of likely N-dealkylation sites (tertiary alicyclic amines) is 1. The van der Waals surface area contributed by atoms with E-state index in [0.29, 0.717) is 28.1 Å². The van der Waals surface area contributed by atoms with E-state index < -0.39 is 0 Å². The average Bonchev–Trinajstić information content (AvgIpc) is 2.80. The molecular formula is C13H15Cl2NO2. The Bertz CT molecular complexity index is 451. The third-order valence-electron chi connectivity index (χ3n) is 3.24. The van der Waals surface area contributed by atoms with Crippen LogP contribution in [0.4, 0.5) is 0 Å². The summed E-state index contributed by atoms with van der Waals surface area (Å²) in [6.07, 6.45) is 0.950. The molecule has 1 aromatic rings. The standard InChI is InChI=1S/C13H15Cl2NO2/c14-11-2-1-10(5-12(11)15)13(18)7-16-4-3-9(6-16)8-17/h1-2,5,9,17H,3-4,6-8H2. The van der Waals surface area contributed by atoms with Gasteiger partial charge in [-0.25, -0.2) is 0 Å². The number of carbonyl (C=O) groups is 1. The molecule has 1 aromatic carbocycles. The third kappa shape index (κ3) is 3.23. The normalized spacial score (nSPS) is 20.3. The van der Waals surface area contributed by atoms with Crippen LogP contribution in [0, 0.1) is 5.92 Å². The van der Waals surface area contributed by atoms with Gasteiger partial charge in [0.15, 0.2) is 5.78 Å². The second-order valence-corrected chi connectivity index (χ2v) is 5.44. The van der Waals surface area contributed by atoms with Gasteiger partial charge in [0, 0.05) is 18.7 Å². The maximum absolute atomic E-state index is 12.1. The summed E-state index contributed by atoms with van der Waals surface area (Å²) in [6, 6.07) is 4.93. The predicted molar refractivity (Wildman–Crippen MR) is 72.4 cm³/mol. The number of carbonyl (C=O) groups excluding carboxylic acids is 1. The van der Waals surface area contributed by atoms with E-state index in [-0.39, 0.29) is 12.4 Å². The first kappa shape index (κ1) is 13.8. The van der Waals surface area contributed by atoms with E-state index in [4.69, 9.17) is 28.3 Å². The maximum atomic E-state index is 12.1. The lowest BCUT2D eigenvalue weighted by Crippen LogP contribution is -2.28. The van der Waals surface area contributed by atoms with Crippen LogP contribution in [0.5, 0.6) is 0 Å². The molecule has 1 saturated heterocycles. The number of aliphatic hydroxyl groups excluding tert-OH is 1. The number of benzene rings is 1. The van der Waals surface area contributed by atoms with E-state index in [0.717, 1.165) is 19.5 Å². The molecule has 1 atom stereocenters. The molecule has 3 nitrogen and oxygen atoms in total. The minimum Gasteiger partial charge on any atom is -0.396 e. The van der Waals surface area contributed by atoms with Gasteiger partial charge in [-0.3, -0.25) is 9.69 Å². The van der Waals surface area contributed by atoms with Crippen LogP contribution >= 0.6 is 23.2 Å². The number of rotatable bonds is 4. The van der Waals surface area contributed by atoms with Gasteiger partial charge in [0.05, 0.1) is 16.6 Å². The molecule has 0 bridgehead atoms. The summed E-state index contributed by atoms with van der Waals surface area (Å²) in [6.45, 7) is 2.20. The average molecular weight is 288 g/mol. The van der Waals surface area contributed by atoms with Crippen molar-refractivity contribution in [2.75, 3.05) is 26.2 Å². The van der Waals surface area contributed by atoms with Crippen LogP contribution in [0.3, 0.4) is 0 Å². The monoisotopic (exact) mass is 287 g/mol. The summed E-state index contributed by atoms with van der Waals surface area (Å²) >= 11 is 11.7. The molecule has 5 heteroatoms. The molecule has 1 heterocycles. The molecule has 98 valence electrons. The fourth-order valence-corrected chi connectivity index (χ4v) is 2.47. The van der Waals surface area contributed by atoms with Crippen molar-refractivity contribution in [1.29, 1.82) is 0 Å². The Balaban J connectivity index is 1.97. The first-order valence-corrected chi connectivity index (χ1v) is 6.67. The number of ketones is 1. The van der Waals surface area contributed by atoms with Crippen LogP contribution in [0.1, 0.15) is 16.8 Å². The summed E-state index contributed by atoms with van der Waals surface area (Å²) < 4.78 is 0. The number of nitrogens with zero attached hydrogens (tertiary/aromatic N) is 1. The fraction of sp³-hybridized carbons (Fsp3) is 0.462. The maximum Gasteiger partial charge on any atom is 0.176 e. The van der Waals surface area contributed by atoms with Crippen LogP contribution in [-0.2, 0) is 0 Å². The molecule has 1 aliphatic heterocycles. The summed E-state index contributed by atoms with van der Waals surface area (Å²) in [5, 5.41) is 9.91. The van der Waals surface area contributed by atoms with Crippen LogP contribution in [0.15, 0.2) is 18.2 Å². The smallest absolute Gasteiger partial charge is 0.176 e. The topological polar surface area (TPSA) is 40.5 Å². The zero-order chi connectivity index (χ0) is 13.1. The lowest BCUT2D eigenvalue weighted by molar-refractivity contribution is 0.0940. The summed E-state index contributed by atoms with van der Waals surface area (Å²) in [5.41, 5.74) is 0.580. The second-order valence-electron chi connectivity index (χ2n) is 4.62. The molecule has 0 aliphatic carbocycles. The summed E-state index contributed by atoms with van der Waals surface area (Å²) in [7, 11) is 0. The van der Waals surface area contributed by atoms with Crippen molar-refractivity contribution < 1.29 is 9.90 Å². The molecule has 1 unspecified atom stereocenters. The number of Topliss-reactive ketones (excluding diaryl/α,β-unsaturated/α-hetero) is 1. The summed E-state index contributed by atoms with van der Waals surface area (Å²) in [4.78, 5) is 14.1. The molecule has 0 radical (unpaired) electrons. The zero-order valence-corrected chi connectivity index (χ0v) is 11.4. The van der Waals surface area contributed by atoms with Crippen molar-refractivity contribution in [3.63, 3.8) is 0 Å². The highest BCUT2D eigenvalue weighted by molar-refractivity contribution is 6.42. The van der Waals surface area contributed by atoms with Crippen molar-refractivity contribution in [1.82, 2.24) is 4.90 Å². The van der Waals surface area contributed by atoms with E-state index in [1.807, 2.05) is 0 Å². The molecule has 1 aliphatic rings. The Morgan fingerprint density at radius 1 is 1.39 bits per heavy atom. The fourth-order valence-electron chi connectivity index (χ4n) is 2.17. The van der Waals surface area contributed by atoms with Gasteiger partial charge < -0.3 is 5.11 Å². The van der Waals surface area contributed by atoms with Crippen molar-refractivity contribution >= 4 is 29.0 Å². The first-order valence-electron chi connectivity index (χ1n) is 5.91. The van der Waals surface area contributed by atoms with Gasteiger partial charge in [0.2, 0.25) is 0 Å². The van der Waals surface area contributed by atoms with E-state index >= 15 is 0 Å². The van der Waals surface area contributed by atoms with Crippen LogP contribution in [-0.4, -0.2) is 42.0 Å². The Morgan fingerprint density at radius 2 is 2.17 bits per heavy atom.